The molecular formula is C19H19N5O. The van der Waals surface area contributed by atoms with Gasteiger partial charge in [-0.15, -0.1) is 0 Å². The minimum atomic E-state index is 0.563. The highest BCUT2D eigenvalue weighted by Crippen LogP contribution is 2.26. The van der Waals surface area contributed by atoms with E-state index < -0.39 is 0 Å². The molecule has 0 amide bonds. The number of methoxy groups -OCH3 is 1. The number of hydrogen-bond donors (Lipinski definition) is 1. The van der Waals surface area contributed by atoms with Crippen LogP contribution in [0.3, 0.4) is 0 Å². The number of nitrogens with one attached hydrogen (secondary N) is 1. The van der Waals surface area contributed by atoms with Gasteiger partial charge in [0.05, 0.1) is 25.5 Å². The molecule has 0 saturated heterocycles. The summed E-state index contributed by atoms with van der Waals surface area (Å²) in [5.74, 6) is 2.28. The Bertz CT molecular complexity index is 841. The monoisotopic (exact) mass is 333 g/mol. The molecule has 0 bridgehead atoms. The second-order valence-corrected chi connectivity index (χ2v) is 5.91. The second-order valence-electron chi connectivity index (χ2n) is 5.91. The van der Waals surface area contributed by atoms with Crippen LogP contribution in [0.5, 0.6) is 5.75 Å². The van der Waals surface area contributed by atoms with Gasteiger partial charge >= 0.3 is 0 Å². The molecule has 2 aromatic heterocycles. The van der Waals surface area contributed by atoms with Crippen LogP contribution in [0.2, 0.25) is 0 Å². The molecule has 1 aliphatic heterocycles. The quantitative estimate of drug-likeness (QED) is 0.774. The van der Waals surface area contributed by atoms with Crippen molar-refractivity contribution in [1.29, 1.82) is 0 Å². The largest absolute Gasteiger partial charge is 0.495 e. The highest BCUT2D eigenvalue weighted by molar-refractivity contribution is 5.48. The third-order valence-electron chi connectivity index (χ3n) is 4.27. The summed E-state index contributed by atoms with van der Waals surface area (Å²) in [6.45, 7) is 2.33. The van der Waals surface area contributed by atoms with Gasteiger partial charge in [0.1, 0.15) is 11.6 Å². The van der Waals surface area contributed by atoms with Crippen LogP contribution in [-0.4, -0.2) is 22.1 Å². The lowest BCUT2D eigenvalue weighted by Gasteiger charge is -2.17. The van der Waals surface area contributed by atoms with Gasteiger partial charge in [-0.2, -0.15) is 4.98 Å². The first kappa shape index (κ1) is 15.4. The number of rotatable bonds is 5. The number of nitrogens with zero attached hydrogens (tertiary/aromatic N) is 4. The van der Waals surface area contributed by atoms with Crippen LogP contribution < -0.4 is 15.0 Å². The third-order valence-corrected chi connectivity index (χ3v) is 4.27. The molecule has 1 N–H and O–H groups in total. The molecule has 1 aliphatic rings. The average molecular weight is 333 g/mol. The summed E-state index contributed by atoms with van der Waals surface area (Å²) < 4.78 is 5.12. The van der Waals surface area contributed by atoms with E-state index in [1.54, 1.807) is 19.5 Å². The van der Waals surface area contributed by atoms with Gasteiger partial charge in [0.15, 0.2) is 0 Å². The van der Waals surface area contributed by atoms with Gasteiger partial charge in [-0.25, -0.2) is 4.98 Å². The first-order chi connectivity index (χ1) is 12.3. The van der Waals surface area contributed by atoms with E-state index in [1.165, 1.54) is 11.1 Å². The zero-order chi connectivity index (χ0) is 17.1. The molecule has 4 rings (SSSR count). The van der Waals surface area contributed by atoms with E-state index in [4.69, 9.17) is 4.74 Å². The van der Waals surface area contributed by atoms with Crippen molar-refractivity contribution in [2.75, 3.05) is 17.3 Å². The summed E-state index contributed by atoms with van der Waals surface area (Å²) in [6, 6.07) is 14.3. The fourth-order valence-electron chi connectivity index (χ4n) is 2.91. The first-order valence-electron chi connectivity index (χ1n) is 8.19. The lowest BCUT2D eigenvalue weighted by atomic mass is 10.1. The summed E-state index contributed by atoms with van der Waals surface area (Å²) >= 11 is 0. The molecule has 6 nitrogen and oxygen atoms in total. The number of pyridine rings is 1. The summed E-state index contributed by atoms with van der Waals surface area (Å²) in [4.78, 5) is 15.5. The van der Waals surface area contributed by atoms with Crippen molar-refractivity contribution >= 4 is 11.8 Å². The molecule has 3 aromatic rings. The Morgan fingerprint density at radius 2 is 1.84 bits per heavy atom. The highest BCUT2D eigenvalue weighted by atomic mass is 16.5. The summed E-state index contributed by atoms with van der Waals surface area (Å²) in [7, 11) is 1.63. The number of hydrogen-bond acceptors (Lipinski definition) is 6. The van der Waals surface area contributed by atoms with Gasteiger partial charge in [0.2, 0.25) is 5.95 Å². The fraction of sp³-hybridized carbons (Fsp3) is 0.211. The van der Waals surface area contributed by atoms with E-state index in [2.05, 4.69) is 49.4 Å². The van der Waals surface area contributed by atoms with Gasteiger partial charge in [-0.1, -0.05) is 24.3 Å². The molecule has 0 aliphatic carbocycles. The maximum Gasteiger partial charge on any atom is 0.224 e. The summed E-state index contributed by atoms with van der Waals surface area (Å²) in [5, 5.41) is 3.23. The van der Waals surface area contributed by atoms with E-state index in [9.17, 15) is 0 Å². The van der Waals surface area contributed by atoms with Crippen molar-refractivity contribution in [1.82, 2.24) is 15.0 Å². The third kappa shape index (κ3) is 3.38. The van der Waals surface area contributed by atoms with Crippen molar-refractivity contribution < 1.29 is 4.74 Å². The number of benzene rings is 1. The molecule has 1 aromatic carbocycles. The average Bonchev–Trinajstić information content (AvgIpc) is 3.11. The Labute approximate surface area is 146 Å². The first-order valence-corrected chi connectivity index (χ1v) is 8.19. The summed E-state index contributed by atoms with van der Waals surface area (Å²) in [5.41, 5.74) is 3.62. The molecule has 0 fully saturated rings. The van der Waals surface area contributed by atoms with Gasteiger partial charge in [-0.05, 0) is 29.3 Å². The number of ether oxygens (including phenoxy) is 1. The minimum Gasteiger partial charge on any atom is -0.495 e. The Morgan fingerprint density at radius 1 is 1.04 bits per heavy atom. The standard InChI is InChI=1S/C19H19N5O/c1-25-17-7-6-16(21-11-17)10-22-19-20-9-8-18(23-19)24-12-14-4-2-3-5-15(14)13-24/h2-9,11H,10,12-13H2,1H3,(H,20,22,23). The van der Waals surface area contributed by atoms with Gasteiger partial charge in [0.25, 0.3) is 0 Å². The van der Waals surface area contributed by atoms with Crippen molar-refractivity contribution in [2.45, 2.75) is 19.6 Å². The van der Waals surface area contributed by atoms with Gasteiger partial charge < -0.3 is 15.0 Å². The molecule has 126 valence electrons. The highest BCUT2D eigenvalue weighted by Gasteiger charge is 2.19. The van der Waals surface area contributed by atoms with Crippen LogP contribution >= 0.6 is 0 Å². The lowest BCUT2D eigenvalue weighted by molar-refractivity contribution is 0.412. The van der Waals surface area contributed by atoms with Crippen LogP contribution in [-0.2, 0) is 19.6 Å². The molecule has 6 heteroatoms. The topological polar surface area (TPSA) is 63.2 Å². The smallest absolute Gasteiger partial charge is 0.224 e. The SMILES string of the molecule is COc1ccc(CNc2nccc(N3Cc4ccccc4C3)n2)nc1. The van der Waals surface area contributed by atoms with Gasteiger partial charge in [0, 0.05) is 19.3 Å². The Balaban J connectivity index is 1.43. The zero-order valence-corrected chi connectivity index (χ0v) is 14.0. The molecule has 0 atom stereocenters. The fourth-order valence-corrected chi connectivity index (χ4v) is 2.91. The maximum absolute atomic E-state index is 5.12. The van der Waals surface area contributed by atoms with Crippen LogP contribution in [0.15, 0.2) is 54.9 Å². The predicted octanol–water partition coefficient (Wildman–Crippen LogP) is 3.01. The molecule has 0 spiro atoms. The van der Waals surface area contributed by atoms with E-state index in [1.807, 2.05) is 18.2 Å². The van der Waals surface area contributed by atoms with E-state index >= 15 is 0 Å². The molecule has 0 radical (unpaired) electrons. The predicted molar refractivity (Wildman–Crippen MR) is 96.5 cm³/mol. The maximum atomic E-state index is 5.12. The number of anilines is 2. The Hall–Kier alpha value is -3.15. The normalized spacial score (nSPS) is 12.8. The second kappa shape index (κ2) is 6.76. The molecular weight excluding hydrogens is 314 g/mol. The van der Waals surface area contributed by atoms with E-state index in [0.29, 0.717) is 12.5 Å². The Morgan fingerprint density at radius 3 is 2.52 bits per heavy atom. The number of aromatic nitrogens is 3. The molecule has 0 unspecified atom stereocenters. The van der Waals surface area contributed by atoms with E-state index in [0.717, 1.165) is 30.4 Å². The van der Waals surface area contributed by atoms with Crippen LogP contribution in [0.1, 0.15) is 16.8 Å². The summed E-state index contributed by atoms with van der Waals surface area (Å²) in [6.07, 6.45) is 3.49. The molecule has 0 saturated carbocycles. The van der Waals surface area contributed by atoms with E-state index in [-0.39, 0.29) is 0 Å². The Kier molecular flexibility index (Phi) is 4.16. The lowest BCUT2D eigenvalue weighted by Crippen LogP contribution is -2.17. The van der Waals surface area contributed by atoms with Crippen LogP contribution in [0.4, 0.5) is 11.8 Å². The molecule has 3 heterocycles. The van der Waals surface area contributed by atoms with Crippen molar-refractivity contribution in [3.05, 3.63) is 71.7 Å². The van der Waals surface area contributed by atoms with Crippen LogP contribution in [0, 0.1) is 0 Å². The van der Waals surface area contributed by atoms with Gasteiger partial charge in [-0.3, -0.25) is 4.98 Å². The number of fused-ring (bicyclic) bond motifs is 1. The van der Waals surface area contributed by atoms with Crippen molar-refractivity contribution in [3.8, 4) is 5.75 Å². The van der Waals surface area contributed by atoms with Crippen LogP contribution in [0.25, 0.3) is 0 Å². The molecule has 25 heavy (non-hydrogen) atoms. The van der Waals surface area contributed by atoms with Crippen molar-refractivity contribution in [3.63, 3.8) is 0 Å². The zero-order valence-electron chi connectivity index (χ0n) is 14.0. The minimum absolute atomic E-state index is 0.563. The van der Waals surface area contributed by atoms with Crippen molar-refractivity contribution in [2.24, 2.45) is 0 Å².